The minimum atomic E-state index is -0.511. The molecule has 0 heterocycles. The van der Waals surface area contributed by atoms with Gasteiger partial charge in [0.25, 0.3) is 0 Å². The lowest BCUT2D eigenvalue weighted by Gasteiger charge is -2.19. The van der Waals surface area contributed by atoms with Crippen LogP contribution in [0, 0.1) is 10.1 Å². The minimum Gasteiger partial charge on any atom is -0.456 e. The molecule has 1 aromatic rings. The van der Waals surface area contributed by atoms with E-state index in [1.54, 1.807) is 12.1 Å². The monoisotopic (exact) mass is 277 g/mol. The van der Waals surface area contributed by atoms with Gasteiger partial charge in [-0.15, -0.1) is 0 Å². The second-order valence-electron chi connectivity index (χ2n) is 5.41. The van der Waals surface area contributed by atoms with Crippen molar-refractivity contribution in [1.82, 2.24) is 0 Å². The molecule has 5 heteroatoms. The summed E-state index contributed by atoms with van der Waals surface area (Å²) in [5.74, 6) is -0.350. The maximum Gasteiger partial charge on any atom is 0.338 e. The molecular weight excluding hydrogens is 258 g/mol. The number of rotatable bonds is 5. The molecule has 0 radical (unpaired) electrons. The number of ether oxygens (including phenoxy) is 1. The third-order valence-corrected chi connectivity index (χ3v) is 2.42. The summed E-state index contributed by atoms with van der Waals surface area (Å²) in [6.45, 7) is 5.46. The number of esters is 1. The Kier molecular flexibility index (Phi) is 5.43. The molecule has 0 aliphatic heterocycles. The van der Waals surface area contributed by atoms with E-state index >= 15 is 0 Å². The molecule has 0 saturated carbocycles. The van der Waals surface area contributed by atoms with Gasteiger partial charge in [-0.2, -0.15) is 0 Å². The van der Waals surface area contributed by atoms with E-state index in [0.717, 1.165) is 11.8 Å². The Morgan fingerprint density at radius 2 is 1.90 bits per heavy atom. The highest BCUT2D eigenvalue weighted by molar-refractivity contribution is 5.89. The zero-order valence-corrected chi connectivity index (χ0v) is 12.0. The predicted molar refractivity (Wildman–Crippen MR) is 76.1 cm³/mol. The van der Waals surface area contributed by atoms with E-state index < -0.39 is 10.5 Å². The summed E-state index contributed by atoms with van der Waals surface area (Å²) >= 11 is 0. The van der Waals surface area contributed by atoms with Crippen molar-refractivity contribution in [3.63, 3.8) is 0 Å². The normalized spacial score (nSPS) is 11.6. The molecule has 0 spiro atoms. The van der Waals surface area contributed by atoms with E-state index in [-0.39, 0.29) is 5.97 Å². The lowest BCUT2D eigenvalue weighted by atomic mass is 10.1. The average molecular weight is 277 g/mol. The van der Waals surface area contributed by atoms with Gasteiger partial charge in [0.15, 0.2) is 0 Å². The van der Waals surface area contributed by atoms with Gasteiger partial charge in [-0.3, -0.25) is 10.1 Å². The molecule has 0 atom stereocenters. The first-order valence-corrected chi connectivity index (χ1v) is 6.40. The van der Waals surface area contributed by atoms with Gasteiger partial charge in [0.05, 0.1) is 10.5 Å². The zero-order valence-electron chi connectivity index (χ0n) is 12.0. The minimum absolute atomic E-state index is 0.350. The van der Waals surface area contributed by atoms with Crippen molar-refractivity contribution < 1.29 is 14.5 Å². The molecule has 0 aliphatic carbocycles. The van der Waals surface area contributed by atoms with Crippen molar-refractivity contribution in [3.05, 3.63) is 57.8 Å². The molecule has 20 heavy (non-hydrogen) atoms. The maximum absolute atomic E-state index is 11.8. The third kappa shape index (κ3) is 6.13. The topological polar surface area (TPSA) is 69.4 Å². The zero-order chi connectivity index (χ0) is 15.2. The number of hydrogen-bond donors (Lipinski definition) is 0. The molecule has 108 valence electrons. The molecular formula is C15H19NO4. The number of allylic oxidation sites excluding steroid dienone is 1. The SMILES string of the molecule is CC(C)(C)OC(=O)c1ccc(CCC=C[N+](=O)[O-])cc1. The van der Waals surface area contributed by atoms with Crippen molar-refractivity contribution in [1.29, 1.82) is 0 Å². The fraction of sp³-hybridized carbons (Fsp3) is 0.400. The number of carbonyl (C=O) groups excluding carboxylic acids is 1. The summed E-state index contributed by atoms with van der Waals surface area (Å²) in [5.41, 5.74) is 1.01. The third-order valence-electron chi connectivity index (χ3n) is 2.42. The Bertz CT molecular complexity index is 498. The summed E-state index contributed by atoms with van der Waals surface area (Å²) in [4.78, 5) is 21.4. The second-order valence-corrected chi connectivity index (χ2v) is 5.41. The van der Waals surface area contributed by atoms with E-state index in [9.17, 15) is 14.9 Å². The van der Waals surface area contributed by atoms with Crippen LogP contribution < -0.4 is 0 Å². The first kappa shape index (κ1) is 15.9. The van der Waals surface area contributed by atoms with Crippen molar-refractivity contribution in [2.45, 2.75) is 39.2 Å². The van der Waals surface area contributed by atoms with Crippen molar-refractivity contribution in [2.24, 2.45) is 0 Å². The molecule has 0 saturated heterocycles. The van der Waals surface area contributed by atoms with Crippen LogP contribution in [0.15, 0.2) is 36.5 Å². The molecule has 0 N–H and O–H groups in total. The highest BCUT2D eigenvalue weighted by atomic mass is 16.6. The summed E-state index contributed by atoms with van der Waals surface area (Å²) in [5, 5.41) is 10.1. The van der Waals surface area contributed by atoms with E-state index in [1.165, 1.54) is 6.08 Å². The fourth-order valence-corrected chi connectivity index (χ4v) is 1.56. The van der Waals surface area contributed by atoms with Gasteiger partial charge in [-0.1, -0.05) is 12.1 Å². The number of carbonyl (C=O) groups is 1. The summed E-state index contributed by atoms with van der Waals surface area (Å²) < 4.78 is 5.26. The highest BCUT2D eigenvalue weighted by Gasteiger charge is 2.17. The van der Waals surface area contributed by atoms with Crippen LogP contribution in [0.2, 0.25) is 0 Å². The van der Waals surface area contributed by atoms with Crippen LogP contribution in [0.3, 0.4) is 0 Å². The molecule has 0 aliphatic rings. The van der Waals surface area contributed by atoms with Gasteiger partial charge < -0.3 is 4.74 Å². The van der Waals surface area contributed by atoms with E-state index in [0.29, 0.717) is 18.4 Å². The van der Waals surface area contributed by atoms with E-state index in [4.69, 9.17) is 4.74 Å². The number of nitro groups is 1. The largest absolute Gasteiger partial charge is 0.456 e. The van der Waals surface area contributed by atoms with Gasteiger partial charge in [0.1, 0.15) is 5.60 Å². The van der Waals surface area contributed by atoms with E-state index in [1.807, 2.05) is 32.9 Å². The Labute approximate surface area is 118 Å². The molecule has 1 aromatic carbocycles. The number of hydrogen-bond acceptors (Lipinski definition) is 4. The Balaban J connectivity index is 2.56. The fourth-order valence-electron chi connectivity index (χ4n) is 1.56. The molecule has 1 rings (SSSR count). The van der Waals surface area contributed by atoms with Crippen molar-refractivity contribution >= 4 is 5.97 Å². The van der Waals surface area contributed by atoms with Crippen LogP contribution in [0.5, 0.6) is 0 Å². The van der Waals surface area contributed by atoms with Crippen LogP contribution in [-0.4, -0.2) is 16.5 Å². The van der Waals surface area contributed by atoms with Gasteiger partial charge in [-0.25, -0.2) is 4.79 Å². The first-order chi connectivity index (χ1) is 9.28. The Morgan fingerprint density at radius 3 is 2.40 bits per heavy atom. The molecule has 0 amide bonds. The van der Waals surface area contributed by atoms with Crippen LogP contribution in [0.25, 0.3) is 0 Å². The summed E-state index contributed by atoms with van der Waals surface area (Å²) in [6.07, 6.45) is 3.74. The van der Waals surface area contributed by atoms with Gasteiger partial charge in [0, 0.05) is 0 Å². The quantitative estimate of drug-likeness (QED) is 0.470. The van der Waals surface area contributed by atoms with Crippen molar-refractivity contribution in [2.75, 3.05) is 0 Å². The molecule has 0 bridgehead atoms. The smallest absolute Gasteiger partial charge is 0.338 e. The van der Waals surface area contributed by atoms with Crippen molar-refractivity contribution in [3.8, 4) is 0 Å². The van der Waals surface area contributed by atoms with Crippen LogP contribution >= 0.6 is 0 Å². The maximum atomic E-state index is 11.8. The standard InChI is InChI=1S/C15H19NO4/c1-15(2,3)20-14(17)13-9-7-12(8-10-13)6-4-5-11-16(18)19/h5,7-11H,4,6H2,1-3H3. The molecule has 5 nitrogen and oxygen atoms in total. The lowest BCUT2D eigenvalue weighted by Crippen LogP contribution is -2.23. The first-order valence-electron chi connectivity index (χ1n) is 6.40. The molecule has 0 fully saturated rings. The van der Waals surface area contributed by atoms with Crippen LogP contribution in [0.1, 0.15) is 43.1 Å². The number of aryl methyl sites for hydroxylation is 1. The molecule has 0 unspecified atom stereocenters. The Hall–Kier alpha value is -2.17. The highest BCUT2D eigenvalue weighted by Crippen LogP contribution is 2.13. The van der Waals surface area contributed by atoms with Crippen LogP contribution in [0.4, 0.5) is 0 Å². The van der Waals surface area contributed by atoms with Crippen LogP contribution in [-0.2, 0) is 11.2 Å². The van der Waals surface area contributed by atoms with E-state index in [2.05, 4.69) is 0 Å². The number of benzene rings is 1. The second kappa shape index (κ2) is 6.84. The summed E-state index contributed by atoms with van der Waals surface area (Å²) in [6, 6.07) is 7.08. The molecule has 0 aromatic heterocycles. The van der Waals surface area contributed by atoms with Gasteiger partial charge in [-0.05, 0) is 57.4 Å². The Morgan fingerprint density at radius 1 is 1.30 bits per heavy atom. The lowest BCUT2D eigenvalue weighted by molar-refractivity contribution is -0.402. The van der Waals surface area contributed by atoms with Gasteiger partial charge in [0.2, 0.25) is 6.20 Å². The summed E-state index contributed by atoms with van der Waals surface area (Å²) in [7, 11) is 0. The van der Waals surface area contributed by atoms with Gasteiger partial charge >= 0.3 is 5.97 Å². The average Bonchev–Trinajstić information content (AvgIpc) is 2.33. The number of nitrogens with zero attached hydrogens (tertiary/aromatic N) is 1. The predicted octanol–water partition coefficient (Wildman–Crippen LogP) is 3.36.